The molecule has 0 bridgehead atoms. The lowest BCUT2D eigenvalue weighted by Crippen LogP contribution is -2.32. The van der Waals surface area contributed by atoms with E-state index in [9.17, 15) is 4.79 Å². The molecule has 3 rings (SSSR count). The summed E-state index contributed by atoms with van der Waals surface area (Å²) in [6.07, 6.45) is 5.49. The molecule has 0 N–H and O–H groups in total. The van der Waals surface area contributed by atoms with Crippen LogP contribution in [0.15, 0.2) is 10.6 Å². The van der Waals surface area contributed by atoms with Crippen LogP contribution in [-0.4, -0.2) is 42.3 Å². The summed E-state index contributed by atoms with van der Waals surface area (Å²) in [5.41, 5.74) is 0.456. The number of hydrogen-bond acceptors (Lipinski definition) is 4. The molecular formula is C14H20N2O3. The third-order valence-corrected chi connectivity index (χ3v) is 4.02. The second-order valence-corrected chi connectivity index (χ2v) is 5.47. The van der Waals surface area contributed by atoms with Crippen molar-refractivity contribution < 1.29 is 14.1 Å². The number of aromatic nitrogens is 1. The highest BCUT2D eigenvalue weighted by Gasteiger charge is 2.30. The first-order valence-corrected chi connectivity index (χ1v) is 7.06. The van der Waals surface area contributed by atoms with E-state index in [4.69, 9.17) is 9.26 Å². The van der Waals surface area contributed by atoms with Crippen molar-refractivity contribution in [3.05, 3.63) is 17.5 Å². The second-order valence-electron chi connectivity index (χ2n) is 5.47. The van der Waals surface area contributed by atoms with E-state index >= 15 is 0 Å². The summed E-state index contributed by atoms with van der Waals surface area (Å²) in [6, 6.07) is 1.82. The van der Waals surface area contributed by atoms with Crippen molar-refractivity contribution in [2.75, 3.05) is 20.2 Å². The summed E-state index contributed by atoms with van der Waals surface area (Å²) < 4.78 is 10.6. The third kappa shape index (κ3) is 2.81. The van der Waals surface area contributed by atoms with E-state index < -0.39 is 0 Å². The summed E-state index contributed by atoms with van der Waals surface area (Å²) >= 11 is 0. The summed E-state index contributed by atoms with van der Waals surface area (Å²) in [5.74, 6) is 1.36. The van der Waals surface area contributed by atoms with Gasteiger partial charge in [-0.3, -0.25) is 4.79 Å². The topological polar surface area (TPSA) is 55.6 Å². The number of amides is 1. The molecule has 0 spiro atoms. The third-order valence-electron chi connectivity index (χ3n) is 4.02. The van der Waals surface area contributed by atoms with Gasteiger partial charge in [0.2, 0.25) is 0 Å². The molecule has 19 heavy (non-hydrogen) atoms. The Kier molecular flexibility index (Phi) is 3.55. The average Bonchev–Trinajstić information content (AvgIpc) is 3.21. The summed E-state index contributed by atoms with van der Waals surface area (Å²) in [5, 5.41) is 3.92. The van der Waals surface area contributed by atoms with Gasteiger partial charge >= 0.3 is 0 Å². The highest BCUT2D eigenvalue weighted by molar-refractivity contribution is 5.92. The second kappa shape index (κ2) is 5.33. The number of rotatable bonds is 3. The Hall–Kier alpha value is -1.36. The lowest BCUT2D eigenvalue weighted by molar-refractivity contribution is 0.0714. The van der Waals surface area contributed by atoms with Crippen molar-refractivity contribution in [1.29, 1.82) is 0 Å². The largest absolute Gasteiger partial charge is 0.381 e. The molecule has 1 saturated carbocycles. The number of likely N-dealkylation sites (tertiary alicyclic amines) is 1. The molecule has 0 unspecified atom stereocenters. The molecule has 5 nitrogen and oxygen atoms in total. The predicted octanol–water partition coefficient (Wildman–Crippen LogP) is 2.19. The van der Waals surface area contributed by atoms with Crippen molar-refractivity contribution >= 4 is 5.91 Å². The lowest BCUT2D eigenvalue weighted by atomic mass is 10.2. The number of ether oxygens (including phenoxy) is 1. The molecule has 2 heterocycles. The standard InChI is InChI=1S/C14H20N2O3/c1-18-11-3-2-7-16(8-6-11)14(17)12-9-13(19-15-12)10-4-5-10/h9-11H,2-8H2,1H3/t11-/m1/s1. The van der Waals surface area contributed by atoms with Crippen LogP contribution in [0.25, 0.3) is 0 Å². The fourth-order valence-electron chi connectivity index (χ4n) is 2.62. The Balaban J connectivity index is 1.65. The summed E-state index contributed by atoms with van der Waals surface area (Å²) in [6.45, 7) is 1.52. The minimum absolute atomic E-state index is 0.00703. The van der Waals surface area contributed by atoms with Crippen LogP contribution < -0.4 is 0 Å². The van der Waals surface area contributed by atoms with Gasteiger partial charge in [-0.15, -0.1) is 0 Å². The highest BCUT2D eigenvalue weighted by atomic mass is 16.5. The molecule has 1 amide bonds. The maximum atomic E-state index is 12.4. The summed E-state index contributed by atoms with van der Waals surface area (Å²) in [7, 11) is 1.74. The number of nitrogens with zero attached hydrogens (tertiary/aromatic N) is 2. The van der Waals surface area contributed by atoms with Crippen molar-refractivity contribution in [3.8, 4) is 0 Å². The highest BCUT2D eigenvalue weighted by Crippen LogP contribution is 2.40. The molecule has 1 aliphatic heterocycles. The van der Waals surface area contributed by atoms with E-state index in [0.29, 0.717) is 11.6 Å². The van der Waals surface area contributed by atoms with Gasteiger partial charge in [0.1, 0.15) is 5.76 Å². The zero-order valence-electron chi connectivity index (χ0n) is 11.3. The molecule has 1 saturated heterocycles. The molecule has 2 fully saturated rings. The van der Waals surface area contributed by atoms with Crippen LogP contribution in [0.2, 0.25) is 0 Å². The van der Waals surface area contributed by atoms with Gasteiger partial charge in [-0.2, -0.15) is 0 Å². The normalized spacial score (nSPS) is 24.3. The Morgan fingerprint density at radius 2 is 2.21 bits per heavy atom. The van der Waals surface area contributed by atoms with Crippen molar-refractivity contribution in [2.45, 2.75) is 44.1 Å². The molecule has 5 heteroatoms. The number of hydrogen-bond donors (Lipinski definition) is 0. The first-order chi connectivity index (χ1) is 9.28. The van der Waals surface area contributed by atoms with Gasteiger partial charge in [-0.25, -0.2) is 0 Å². The zero-order valence-corrected chi connectivity index (χ0v) is 11.3. The van der Waals surface area contributed by atoms with Gasteiger partial charge in [0, 0.05) is 32.2 Å². The van der Waals surface area contributed by atoms with Crippen molar-refractivity contribution in [3.63, 3.8) is 0 Å². The van der Waals surface area contributed by atoms with Gasteiger partial charge < -0.3 is 14.2 Å². The van der Waals surface area contributed by atoms with Gasteiger partial charge in [0.25, 0.3) is 5.91 Å². The quantitative estimate of drug-likeness (QED) is 0.839. The molecule has 0 aromatic carbocycles. The molecular weight excluding hydrogens is 244 g/mol. The molecule has 1 aliphatic carbocycles. The summed E-state index contributed by atoms with van der Waals surface area (Å²) in [4.78, 5) is 14.2. The molecule has 2 aliphatic rings. The molecule has 1 atom stereocenters. The van der Waals surface area contributed by atoms with E-state index in [0.717, 1.165) is 51.0 Å². The predicted molar refractivity (Wildman–Crippen MR) is 69.0 cm³/mol. The van der Waals surface area contributed by atoms with Crippen molar-refractivity contribution in [2.24, 2.45) is 0 Å². The Labute approximate surface area is 112 Å². The Morgan fingerprint density at radius 3 is 2.95 bits per heavy atom. The van der Waals surface area contributed by atoms with E-state index in [-0.39, 0.29) is 12.0 Å². The smallest absolute Gasteiger partial charge is 0.276 e. The number of carbonyl (C=O) groups is 1. The van der Waals surface area contributed by atoms with Crippen LogP contribution in [0.3, 0.4) is 0 Å². The fraction of sp³-hybridized carbons (Fsp3) is 0.714. The fourth-order valence-corrected chi connectivity index (χ4v) is 2.62. The zero-order chi connectivity index (χ0) is 13.2. The minimum Gasteiger partial charge on any atom is -0.381 e. The Morgan fingerprint density at radius 1 is 1.37 bits per heavy atom. The number of carbonyl (C=O) groups excluding carboxylic acids is 1. The monoisotopic (exact) mass is 264 g/mol. The number of methoxy groups -OCH3 is 1. The van der Waals surface area contributed by atoms with Gasteiger partial charge in [-0.05, 0) is 32.1 Å². The first-order valence-electron chi connectivity index (χ1n) is 7.06. The van der Waals surface area contributed by atoms with Crippen LogP contribution in [0, 0.1) is 0 Å². The minimum atomic E-state index is -0.00703. The maximum absolute atomic E-state index is 12.4. The van der Waals surface area contributed by atoms with Crippen LogP contribution >= 0.6 is 0 Å². The van der Waals surface area contributed by atoms with Crippen LogP contribution in [0.4, 0.5) is 0 Å². The Bertz CT molecular complexity index is 453. The maximum Gasteiger partial charge on any atom is 0.276 e. The molecule has 1 aromatic rings. The van der Waals surface area contributed by atoms with Crippen LogP contribution in [-0.2, 0) is 4.74 Å². The van der Waals surface area contributed by atoms with Gasteiger partial charge in [0.05, 0.1) is 6.10 Å². The van der Waals surface area contributed by atoms with E-state index in [1.54, 1.807) is 7.11 Å². The van der Waals surface area contributed by atoms with Crippen molar-refractivity contribution in [1.82, 2.24) is 10.1 Å². The van der Waals surface area contributed by atoms with E-state index in [1.165, 1.54) is 0 Å². The van der Waals surface area contributed by atoms with Gasteiger partial charge in [-0.1, -0.05) is 5.16 Å². The van der Waals surface area contributed by atoms with Crippen LogP contribution in [0.1, 0.15) is 54.3 Å². The van der Waals surface area contributed by atoms with E-state index in [2.05, 4.69) is 5.16 Å². The molecule has 0 radical (unpaired) electrons. The SMILES string of the molecule is CO[C@@H]1CCCN(C(=O)c2cc(C3CC3)on2)CC1. The lowest BCUT2D eigenvalue weighted by Gasteiger charge is -2.18. The molecule has 1 aromatic heterocycles. The average molecular weight is 264 g/mol. The molecule has 104 valence electrons. The van der Waals surface area contributed by atoms with E-state index in [1.807, 2.05) is 11.0 Å². The van der Waals surface area contributed by atoms with Gasteiger partial charge in [0.15, 0.2) is 5.69 Å². The first kappa shape index (κ1) is 12.7. The van der Waals surface area contributed by atoms with Crippen LogP contribution in [0.5, 0.6) is 0 Å².